The maximum absolute atomic E-state index is 11.5. The van der Waals surface area contributed by atoms with Crippen LogP contribution in [-0.4, -0.2) is 56.9 Å². The van der Waals surface area contributed by atoms with Crippen molar-refractivity contribution >= 4 is 18.0 Å². The van der Waals surface area contributed by atoms with Crippen molar-refractivity contribution in [3.63, 3.8) is 0 Å². The van der Waals surface area contributed by atoms with Gasteiger partial charge in [-0.1, -0.05) is 0 Å². The molecule has 0 heterocycles. The summed E-state index contributed by atoms with van der Waals surface area (Å²) < 4.78 is 9.97. The van der Waals surface area contributed by atoms with Crippen LogP contribution in [-0.2, 0) is 14.3 Å². The number of rotatable bonds is 8. The fourth-order valence-corrected chi connectivity index (χ4v) is 1.55. The predicted octanol–water partition coefficient (Wildman–Crippen LogP) is 1.02. The van der Waals surface area contributed by atoms with Crippen LogP contribution < -0.4 is 16.0 Å². The summed E-state index contributed by atoms with van der Waals surface area (Å²) in [4.78, 5) is 26.7. The van der Waals surface area contributed by atoms with E-state index in [4.69, 9.17) is 9.47 Å². The van der Waals surface area contributed by atoms with Gasteiger partial charge in [-0.3, -0.25) is 9.79 Å². The molecule has 0 saturated heterocycles. The molecular weight excluding hydrogens is 300 g/mol. The van der Waals surface area contributed by atoms with Gasteiger partial charge in [0.1, 0.15) is 5.60 Å². The molecule has 0 radical (unpaired) electrons. The number of hydrogen-bond donors (Lipinski definition) is 3. The van der Waals surface area contributed by atoms with E-state index < -0.39 is 11.7 Å². The average molecular weight is 330 g/mol. The SMILES string of the molecule is CCOC(=O)CCCNC(=NC)NCCNC(=O)OC(C)(C)C. The van der Waals surface area contributed by atoms with Crippen molar-refractivity contribution in [3.8, 4) is 0 Å². The number of alkyl carbamates (subject to hydrolysis) is 1. The van der Waals surface area contributed by atoms with E-state index in [1.165, 1.54) is 0 Å². The van der Waals surface area contributed by atoms with Gasteiger partial charge in [-0.25, -0.2) is 4.79 Å². The molecule has 0 aromatic rings. The Hall–Kier alpha value is -1.99. The molecule has 0 aromatic heterocycles. The molecule has 0 aliphatic carbocycles. The minimum absolute atomic E-state index is 0.196. The molecule has 23 heavy (non-hydrogen) atoms. The Balaban J connectivity index is 3.75. The van der Waals surface area contributed by atoms with Gasteiger partial charge in [0.2, 0.25) is 0 Å². The summed E-state index contributed by atoms with van der Waals surface area (Å²) in [6, 6.07) is 0. The van der Waals surface area contributed by atoms with Gasteiger partial charge in [0.05, 0.1) is 6.61 Å². The maximum Gasteiger partial charge on any atom is 0.407 e. The number of esters is 1. The Morgan fingerprint density at radius 3 is 2.22 bits per heavy atom. The monoisotopic (exact) mass is 330 g/mol. The van der Waals surface area contributed by atoms with Crippen LogP contribution in [0.15, 0.2) is 4.99 Å². The van der Waals surface area contributed by atoms with Crippen LogP contribution in [0.2, 0.25) is 0 Å². The van der Waals surface area contributed by atoms with Crippen LogP contribution in [0.5, 0.6) is 0 Å². The first-order valence-electron chi connectivity index (χ1n) is 7.85. The summed E-state index contributed by atoms with van der Waals surface area (Å²) in [5.74, 6) is 0.415. The van der Waals surface area contributed by atoms with Crippen LogP contribution in [0.4, 0.5) is 4.79 Å². The Bertz CT molecular complexity index is 391. The largest absolute Gasteiger partial charge is 0.466 e. The minimum atomic E-state index is -0.506. The number of carbonyl (C=O) groups excluding carboxylic acids is 2. The molecule has 0 atom stereocenters. The molecule has 3 N–H and O–H groups in total. The first-order chi connectivity index (χ1) is 10.8. The first-order valence-corrected chi connectivity index (χ1v) is 7.85. The van der Waals surface area contributed by atoms with Gasteiger partial charge in [-0.15, -0.1) is 0 Å². The molecule has 0 bridgehead atoms. The summed E-state index contributed by atoms with van der Waals surface area (Å²) in [6.45, 7) is 9.16. The van der Waals surface area contributed by atoms with E-state index in [9.17, 15) is 9.59 Å². The molecule has 1 amide bonds. The number of guanidine groups is 1. The van der Waals surface area contributed by atoms with Crippen molar-refractivity contribution in [3.05, 3.63) is 0 Å². The second-order valence-electron chi connectivity index (χ2n) is 5.76. The summed E-state index contributed by atoms with van der Waals surface area (Å²) >= 11 is 0. The van der Waals surface area contributed by atoms with Crippen LogP contribution in [0.25, 0.3) is 0 Å². The van der Waals surface area contributed by atoms with E-state index >= 15 is 0 Å². The number of hydrogen-bond acceptors (Lipinski definition) is 5. The van der Waals surface area contributed by atoms with Crippen LogP contribution in [0.3, 0.4) is 0 Å². The Morgan fingerprint density at radius 2 is 1.65 bits per heavy atom. The number of nitrogens with one attached hydrogen (secondary N) is 3. The second kappa shape index (κ2) is 11.6. The zero-order chi connectivity index (χ0) is 17.7. The van der Waals surface area contributed by atoms with Gasteiger partial charge < -0.3 is 25.4 Å². The third-order valence-corrected chi connectivity index (χ3v) is 2.46. The molecule has 0 fully saturated rings. The fraction of sp³-hybridized carbons (Fsp3) is 0.800. The van der Waals surface area contributed by atoms with Gasteiger partial charge >= 0.3 is 12.1 Å². The molecule has 134 valence electrons. The van der Waals surface area contributed by atoms with Crippen molar-refractivity contribution in [1.82, 2.24) is 16.0 Å². The van der Waals surface area contributed by atoms with E-state index in [1.54, 1.807) is 14.0 Å². The number of amides is 1. The van der Waals surface area contributed by atoms with Crippen molar-refractivity contribution in [2.24, 2.45) is 4.99 Å². The zero-order valence-electron chi connectivity index (χ0n) is 14.8. The Morgan fingerprint density at radius 1 is 1.04 bits per heavy atom. The van der Waals surface area contributed by atoms with Crippen molar-refractivity contribution < 1.29 is 19.1 Å². The van der Waals surface area contributed by atoms with Gasteiger partial charge in [0, 0.05) is 33.1 Å². The number of nitrogens with zero attached hydrogens (tertiary/aromatic N) is 1. The first kappa shape index (κ1) is 21.0. The highest BCUT2D eigenvalue weighted by Gasteiger charge is 2.15. The van der Waals surface area contributed by atoms with E-state index in [0.717, 1.165) is 0 Å². The lowest BCUT2D eigenvalue weighted by atomic mass is 10.2. The lowest BCUT2D eigenvalue weighted by Crippen LogP contribution is -2.42. The summed E-state index contributed by atoms with van der Waals surface area (Å²) in [6.07, 6.45) is 0.588. The van der Waals surface area contributed by atoms with Crippen LogP contribution in [0, 0.1) is 0 Å². The van der Waals surface area contributed by atoms with E-state index in [1.807, 2.05) is 20.8 Å². The predicted molar refractivity (Wildman–Crippen MR) is 89.5 cm³/mol. The lowest BCUT2D eigenvalue weighted by molar-refractivity contribution is -0.143. The molecule has 0 aliphatic heterocycles. The number of aliphatic imine (C=N–C) groups is 1. The van der Waals surface area contributed by atoms with Crippen LogP contribution in [0.1, 0.15) is 40.5 Å². The van der Waals surface area contributed by atoms with Crippen molar-refractivity contribution in [2.75, 3.05) is 33.3 Å². The van der Waals surface area contributed by atoms with E-state index in [-0.39, 0.29) is 5.97 Å². The molecule has 0 aliphatic rings. The topological polar surface area (TPSA) is 101 Å². The third kappa shape index (κ3) is 13.4. The highest BCUT2D eigenvalue weighted by atomic mass is 16.6. The van der Waals surface area contributed by atoms with Crippen LogP contribution >= 0.6 is 0 Å². The highest BCUT2D eigenvalue weighted by Crippen LogP contribution is 2.05. The minimum Gasteiger partial charge on any atom is -0.466 e. The summed E-state index contributed by atoms with van der Waals surface area (Å²) in [5.41, 5.74) is -0.506. The smallest absolute Gasteiger partial charge is 0.407 e. The zero-order valence-corrected chi connectivity index (χ0v) is 14.8. The maximum atomic E-state index is 11.5. The van der Waals surface area contributed by atoms with Gasteiger partial charge in [-0.05, 0) is 34.1 Å². The molecule has 0 aromatic carbocycles. The normalized spacial score (nSPS) is 11.6. The highest BCUT2D eigenvalue weighted by molar-refractivity contribution is 5.79. The molecule has 0 unspecified atom stereocenters. The third-order valence-electron chi connectivity index (χ3n) is 2.46. The van der Waals surface area contributed by atoms with Gasteiger partial charge in [0.25, 0.3) is 0 Å². The van der Waals surface area contributed by atoms with Crippen molar-refractivity contribution in [1.29, 1.82) is 0 Å². The van der Waals surface area contributed by atoms with Gasteiger partial charge in [-0.2, -0.15) is 0 Å². The average Bonchev–Trinajstić information content (AvgIpc) is 2.44. The number of ether oxygens (including phenoxy) is 2. The second-order valence-corrected chi connectivity index (χ2v) is 5.76. The van der Waals surface area contributed by atoms with E-state index in [0.29, 0.717) is 45.0 Å². The molecule has 8 nitrogen and oxygen atoms in total. The standard InChI is InChI=1S/C15H30N4O4/c1-6-22-12(20)8-7-9-17-13(16-5)18-10-11-19-14(21)23-15(2,3)4/h6-11H2,1-5H3,(H,19,21)(H2,16,17,18). The molecular formula is C15H30N4O4. The van der Waals surface area contributed by atoms with Crippen molar-refractivity contribution in [2.45, 2.75) is 46.1 Å². The summed E-state index contributed by atoms with van der Waals surface area (Å²) in [5, 5.41) is 8.78. The molecule has 0 spiro atoms. The molecule has 0 saturated carbocycles. The molecule has 8 heteroatoms. The van der Waals surface area contributed by atoms with Gasteiger partial charge in [0.15, 0.2) is 5.96 Å². The Labute approximate surface area is 138 Å². The fourth-order valence-electron chi connectivity index (χ4n) is 1.55. The number of carbonyl (C=O) groups is 2. The van der Waals surface area contributed by atoms with E-state index in [2.05, 4.69) is 20.9 Å². The molecule has 0 rings (SSSR count). The lowest BCUT2D eigenvalue weighted by Gasteiger charge is -2.19. The quantitative estimate of drug-likeness (QED) is 0.266. The Kier molecular flexibility index (Phi) is 10.6. The summed E-state index contributed by atoms with van der Waals surface area (Å²) in [7, 11) is 1.65.